The number of amides is 2. The molecule has 0 atom stereocenters. The van der Waals surface area contributed by atoms with Crippen LogP contribution in [0.5, 0.6) is 0 Å². The number of nitrogens with zero attached hydrogens (tertiary/aromatic N) is 1. The molecule has 0 saturated heterocycles. The van der Waals surface area contributed by atoms with Gasteiger partial charge >= 0.3 is 0 Å². The van der Waals surface area contributed by atoms with Gasteiger partial charge < -0.3 is 15.2 Å². The minimum atomic E-state index is -0.519. The number of carbonyl (C=O) groups excluding carboxylic acids is 2. The molecule has 138 valence electrons. The lowest BCUT2D eigenvalue weighted by atomic mass is 10.1. The summed E-state index contributed by atoms with van der Waals surface area (Å²) in [6.07, 6.45) is 0. The second-order valence-corrected chi connectivity index (χ2v) is 6.11. The number of H-pyrrole nitrogens is 1. The zero-order valence-corrected chi connectivity index (χ0v) is 15.3. The van der Waals surface area contributed by atoms with Crippen molar-refractivity contribution in [3.63, 3.8) is 0 Å². The van der Waals surface area contributed by atoms with Gasteiger partial charge in [-0.3, -0.25) is 14.4 Å². The highest BCUT2D eigenvalue weighted by molar-refractivity contribution is 6.06. The van der Waals surface area contributed by atoms with Crippen molar-refractivity contribution in [2.45, 2.75) is 13.8 Å². The van der Waals surface area contributed by atoms with Crippen LogP contribution in [-0.4, -0.2) is 34.8 Å². The zero-order valence-electron chi connectivity index (χ0n) is 15.3. The van der Waals surface area contributed by atoms with E-state index in [0.29, 0.717) is 29.9 Å². The highest BCUT2D eigenvalue weighted by Gasteiger charge is 2.15. The van der Waals surface area contributed by atoms with Crippen LogP contribution in [0.15, 0.2) is 59.4 Å². The van der Waals surface area contributed by atoms with Crippen LogP contribution >= 0.6 is 0 Å². The molecular weight excluding hydrogens is 342 g/mol. The van der Waals surface area contributed by atoms with Gasteiger partial charge in [0.05, 0.1) is 0 Å². The van der Waals surface area contributed by atoms with Crippen molar-refractivity contribution >= 4 is 28.4 Å². The highest BCUT2D eigenvalue weighted by atomic mass is 16.2. The Morgan fingerprint density at radius 3 is 2.48 bits per heavy atom. The van der Waals surface area contributed by atoms with Crippen molar-refractivity contribution in [1.82, 2.24) is 9.88 Å². The number of aromatic amines is 1. The van der Waals surface area contributed by atoms with E-state index < -0.39 is 11.5 Å². The summed E-state index contributed by atoms with van der Waals surface area (Å²) in [4.78, 5) is 41.7. The summed E-state index contributed by atoms with van der Waals surface area (Å²) in [5, 5.41) is 3.48. The Bertz CT molecular complexity index is 1050. The van der Waals surface area contributed by atoms with Crippen molar-refractivity contribution in [2.24, 2.45) is 0 Å². The van der Waals surface area contributed by atoms with Gasteiger partial charge in [0.15, 0.2) is 0 Å². The molecule has 0 radical (unpaired) electrons. The number of hydrogen-bond donors (Lipinski definition) is 2. The van der Waals surface area contributed by atoms with Crippen molar-refractivity contribution in [2.75, 3.05) is 18.4 Å². The quantitative estimate of drug-likeness (QED) is 0.730. The summed E-state index contributed by atoms with van der Waals surface area (Å²) in [5.74, 6) is -0.617. The van der Waals surface area contributed by atoms with Gasteiger partial charge in [-0.1, -0.05) is 24.3 Å². The van der Waals surface area contributed by atoms with Gasteiger partial charge in [-0.15, -0.1) is 0 Å². The topological polar surface area (TPSA) is 82.3 Å². The average Bonchev–Trinajstić information content (AvgIpc) is 2.68. The van der Waals surface area contributed by atoms with Crippen molar-refractivity contribution in [3.8, 4) is 0 Å². The summed E-state index contributed by atoms with van der Waals surface area (Å²) in [6, 6.07) is 15.5. The van der Waals surface area contributed by atoms with E-state index in [1.54, 1.807) is 41.3 Å². The Balaban J connectivity index is 1.86. The van der Waals surface area contributed by atoms with Gasteiger partial charge in [-0.2, -0.15) is 0 Å². The Labute approximate surface area is 156 Å². The number of hydrogen-bond acceptors (Lipinski definition) is 3. The highest BCUT2D eigenvalue weighted by Crippen LogP contribution is 2.15. The fourth-order valence-corrected chi connectivity index (χ4v) is 2.94. The molecule has 0 bridgehead atoms. The molecule has 0 aliphatic rings. The van der Waals surface area contributed by atoms with E-state index in [2.05, 4.69) is 10.3 Å². The molecule has 2 amide bonds. The number of benzene rings is 2. The second kappa shape index (κ2) is 7.86. The lowest BCUT2D eigenvalue weighted by Crippen LogP contribution is -2.30. The normalized spacial score (nSPS) is 10.6. The van der Waals surface area contributed by atoms with Gasteiger partial charge in [-0.25, -0.2) is 0 Å². The predicted molar refractivity (Wildman–Crippen MR) is 106 cm³/mol. The number of aromatic nitrogens is 1. The Kier molecular flexibility index (Phi) is 5.35. The van der Waals surface area contributed by atoms with Gasteiger partial charge in [0, 0.05) is 29.9 Å². The van der Waals surface area contributed by atoms with Crippen LogP contribution in [0.4, 0.5) is 5.69 Å². The van der Waals surface area contributed by atoms with E-state index in [0.717, 1.165) is 5.39 Å². The minimum absolute atomic E-state index is 0.0224. The van der Waals surface area contributed by atoms with Gasteiger partial charge in [0.2, 0.25) is 0 Å². The molecule has 1 heterocycles. The van der Waals surface area contributed by atoms with Crippen molar-refractivity contribution < 1.29 is 9.59 Å². The smallest absolute Gasteiger partial charge is 0.261 e. The van der Waals surface area contributed by atoms with Crippen LogP contribution < -0.4 is 10.9 Å². The molecule has 2 N–H and O–H groups in total. The molecule has 0 aliphatic carbocycles. The molecule has 0 aliphatic heterocycles. The number of rotatable bonds is 5. The Morgan fingerprint density at radius 2 is 1.74 bits per heavy atom. The number of fused-ring (bicyclic) bond motifs is 1. The molecule has 0 fully saturated rings. The molecule has 3 aromatic rings. The molecule has 3 rings (SSSR count). The predicted octanol–water partition coefficient (Wildman–Crippen LogP) is 3.26. The van der Waals surface area contributed by atoms with Gasteiger partial charge in [0.25, 0.3) is 17.4 Å². The number of nitrogens with one attached hydrogen (secondary N) is 2. The third-order valence-corrected chi connectivity index (χ3v) is 4.42. The number of anilines is 1. The van der Waals surface area contributed by atoms with E-state index in [-0.39, 0.29) is 11.5 Å². The summed E-state index contributed by atoms with van der Waals surface area (Å²) < 4.78 is 0. The van der Waals surface area contributed by atoms with Crippen molar-refractivity contribution in [3.05, 3.63) is 76.1 Å². The molecule has 0 unspecified atom stereocenters. The maximum Gasteiger partial charge on any atom is 0.261 e. The Hall–Kier alpha value is -3.41. The standard InChI is InChI=1S/C21H21N3O3/c1-3-24(4-2)21(27)15-9-7-10-16(12-15)22-19(25)17-13-14-8-5-6-11-18(14)23-20(17)26/h5-13H,3-4H2,1-2H3,(H,22,25)(H,23,26). The first-order valence-electron chi connectivity index (χ1n) is 8.86. The number of pyridine rings is 1. The molecule has 0 spiro atoms. The van der Waals surface area contributed by atoms with Crippen LogP contribution in [0.25, 0.3) is 10.9 Å². The third-order valence-electron chi connectivity index (χ3n) is 4.42. The molecule has 2 aromatic carbocycles. The van der Waals surface area contributed by atoms with Crippen LogP contribution in [0.3, 0.4) is 0 Å². The van der Waals surface area contributed by atoms with E-state index >= 15 is 0 Å². The molecule has 6 heteroatoms. The lowest BCUT2D eigenvalue weighted by Gasteiger charge is -2.19. The first-order chi connectivity index (χ1) is 13.0. The first kappa shape index (κ1) is 18.4. The maximum atomic E-state index is 12.6. The van der Waals surface area contributed by atoms with E-state index in [1.807, 2.05) is 32.0 Å². The van der Waals surface area contributed by atoms with E-state index in [9.17, 15) is 14.4 Å². The van der Waals surface area contributed by atoms with Gasteiger partial charge in [0.1, 0.15) is 5.56 Å². The molecule has 27 heavy (non-hydrogen) atoms. The molecule has 6 nitrogen and oxygen atoms in total. The van der Waals surface area contributed by atoms with Gasteiger partial charge in [-0.05, 0) is 49.6 Å². The fraction of sp³-hybridized carbons (Fsp3) is 0.190. The number of para-hydroxylation sites is 1. The van der Waals surface area contributed by atoms with Crippen LogP contribution in [0.1, 0.15) is 34.6 Å². The fourth-order valence-electron chi connectivity index (χ4n) is 2.94. The monoisotopic (exact) mass is 363 g/mol. The second-order valence-electron chi connectivity index (χ2n) is 6.11. The lowest BCUT2D eigenvalue weighted by molar-refractivity contribution is 0.0772. The largest absolute Gasteiger partial charge is 0.339 e. The SMILES string of the molecule is CCN(CC)C(=O)c1cccc(NC(=O)c2cc3ccccc3[nH]c2=O)c1. The number of carbonyl (C=O) groups is 2. The van der Waals surface area contributed by atoms with Crippen LogP contribution in [0.2, 0.25) is 0 Å². The van der Waals surface area contributed by atoms with E-state index in [1.165, 1.54) is 0 Å². The minimum Gasteiger partial charge on any atom is -0.339 e. The zero-order chi connectivity index (χ0) is 19.4. The summed E-state index contributed by atoms with van der Waals surface area (Å²) in [5.41, 5.74) is 1.19. The van der Waals surface area contributed by atoms with Crippen LogP contribution in [-0.2, 0) is 0 Å². The first-order valence-corrected chi connectivity index (χ1v) is 8.86. The van der Waals surface area contributed by atoms with Crippen molar-refractivity contribution in [1.29, 1.82) is 0 Å². The third kappa shape index (κ3) is 3.89. The molecular formula is C21H21N3O3. The van der Waals surface area contributed by atoms with Crippen LogP contribution in [0, 0.1) is 0 Å². The Morgan fingerprint density at radius 1 is 1.00 bits per heavy atom. The van der Waals surface area contributed by atoms with E-state index in [4.69, 9.17) is 0 Å². The summed E-state index contributed by atoms with van der Waals surface area (Å²) in [7, 11) is 0. The average molecular weight is 363 g/mol. The molecule has 1 aromatic heterocycles. The summed E-state index contributed by atoms with van der Waals surface area (Å²) in [6.45, 7) is 5.05. The summed E-state index contributed by atoms with van der Waals surface area (Å²) >= 11 is 0. The maximum absolute atomic E-state index is 12.6. The molecule has 0 saturated carbocycles.